The molecule has 0 aromatic carbocycles. The number of esters is 1. The van der Waals surface area contributed by atoms with Crippen LogP contribution in [-0.4, -0.2) is 41.3 Å². The minimum atomic E-state index is -0.912. The van der Waals surface area contributed by atoms with Crippen LogP contribution in [0.4, 0.5) is 0 Å². The van der Waals surface area contributed by atoms with Gasteiger partial charge in [0.1, 0.15) is 12.4 Å². The third-order valence-corrected chi connectivity index (χ3v) is 3.75. The van der Waals surface area contributed by atoms with Gasteiger partial charge in [-0.15, -0.1) is 0 Å². The van der Waals surface area contributed by atoms with Gasteiger partial charge in [0.25, 0.3) is 0 Å². The maximum absolute atomic E-state index is 11.6. The Morgan fingerprint density at radius 2 is 2.25 bits per heavy atom. The molecule has 5 nitrogen and oxygen atoms in total. The van der Waals surface area contributed by atoms with Crippen molar-refractivity contribution in [2.45, 2.75) is 31.5 Å². The Morgan fingerprint density at radius 1 is 1.50 bits per heavy atom. The second-order valence-electron chi connectivity index (χ2n) is 5.11. The van der Waals surface area contributed by atoms with Gasteiger partial charge in [0, 0.05) is 12.0 Å². The molecule has 1 aliphatic heterocycles. The van der Waals surface area contributed by atoms with Crippen LogP contribution in [-0.2, 0) is 14.3 Å². The van der Waals surface area contributed by atoms with Crippen LogP contribution in [0, 0.1) is 5.92 Å². The lowest BCUT2D eigenvalue weighted by Crippen LogP contribution is -2.29. The Balaban J connectivity index is 2.36. The summed E-state index contributed by atoms with van der Waals surface area (Å²) in [5.41, 5.74) is 1.42. The number of aldehydes is 1. The van der Waals surface area contributed by atoms with Crippen molar-refractivity contribution in [2.75, 3.05) is 6.61 Å². The fraction of sp³-hybridized carbons (Fsp3) is 0.467. The zero-order valence-corrected chi connectivity index (χ0v) is 11.1. The number of hydrogen-bond donors (Lipinski definition) is 2. The van der Waals surface area contributed by atoms with E-state index in [9.17, 15) is 19.8 Å². The lowest BCUT2D eigenvalue weighted by Gasteiger charge is -2.22. The molecule has 0 aromatic heterocycles. The fourth-order valence-corrected chi connectivity index (χ4v) is 2.63. The van der Waals surface area contributed by atoms with Crippen molar-refractivity contribution >= 4 is 12.3 Å². The van der Waals surface area contributed by atoms with Crippen LogP contribution >= 0.6 is 0 Å². The minimum Gasteiger partial charge on any atom is -0.454 e. The SMILES string of the molecule is C=C1C(=O)O[C@@H]2C=C(CO)CCC=C(C=O)C[C@H](O)[C@@H]12. The first-order valence-corrected chi connectivity index (χ1v) is 6.59. The number of fused-ring (bicyclic) bond motifs is 1. The van der Waals surface area contributed by atoms with Crippen molar-refractivity contribution in [3.63, 3.8) is 0 Å². The van der Waals surface area contributed by atoms with Crippen LogP contribution in [0.2, 0.25) is 0 Å². The second-order valence-corrected chi connectivity index (χ2v) is 5.11. The summed E-state index contributed by atoms with van der Waals surface area (Å²) in [7, 11) is 0. The monoisotopic (exact) mass is 278 g/mol. The normalized spacial score (nSPS) is 31.0. The fourth-order valence-electron chi connectivity index (χ4n) is 2.63. The zero-order valence-electron chi connectivity index (χ0n) is 11.1. The molecule has 0 bridgehead atoms. The van der Waals surface area contributed by atoms with Gasteiger partial charge < -0.3 is 14.9 Å². The molecule has 5 heteroatoms. The van der Waals surface area contributed by atoms with Gasteiger partial charge in [-0.3, -0.25) is 4.79 Å². The van der Waals surface area contributed by atoms with Gasteiger partial charge >= 0.3 is 5.97 Å². The number of rotatable bonds is 2. The molecule has 2 aliphatic rings. The van der Waals surface area contributed by atoms with E-state index >= 15 is 0 Å². The Hall–Kier alpha value is -1.72. The average Bonchev–Trinajstić information content (AvgIpc) is 2.71. The van der Waals surface area contributed by atoms with E-state index in [2.05, 4.69) is 6.58 Å². The molecule has 0 saturated carbocycles. The molecule has 0 aromatic rings. The first-order chi connectivity index (χ1) is 9.56. The smallest absolute Gasteiger partial charge is 0.334 e. The highest BCUT2D eigenvalue weighted by molar-refractivity contribution is 5.91. The van der Waals surface area contributed by atoms with Crippen LogP contribution < -0.4 is 0 Å². The topological polar surface area (TPSA) is 83.8 Å². The predicted molar refractivity (Wildman–Crippen MR) is 71.7 cm³/mol. The van der Waals surface area contributed by atoms with Crippen LogP contribution in [0.15, 0.2) is 35.5 Å². The third kappa shape index (κ3) is 2.89. The summed E-state index contributed by atoms with van der Waals surface area (Å²) in [5, 5.41) is 19.6. The molecule has 0 radical (unpaired) electrons. The molecule has 1 heterocycles. The van der Waals surface area contributed by atoms with Crippen molar-refractivity contribution < 1.29 is 24.5 Å². The van der Waals surface area contributed by atoms with Crippen LogP contribution in [0.3, 0.4) is 0 Å². The molecule has 3 atom stereocenters. The first-order valence-electron chi connectivity index (χ1n) is 6.59. The first kappa shape index (κ1) is 14.7. The summed E-state index contributed by atoms with van der Waals surface area (Å²) in [4.78, 5) is 22.6. The highest BCUT2D eigenvalue weighted by Crippen LogP contribution is 2.34. The van der Waals surface area contributed by atoms with Crippen LogP contribution in [0.5, 0.6) is 0 Å². The molecule has 2 N–H and O–H groups in total. The molecular weight excluding hydrogens is 260 g/mol. The van der Waals surface area contributed by atoms with Gasteiger partial charge in [-0.05, 0) is 30.1 Å². The summed E-state index contributed by atoms with van der Waals surface area (Å²) in [5.74, 6) is -1.12. The summed E-state index contributed by atoms with van der Waals surface area (Å²) in [6.07, 6.45) is 3.95. The highest BCUT2D eigenvalue weighted by atomic mass is 16.6. The molecule has 2 rings (SSSR count). The summed E-state index contributed by atoms with van der Waals surface area (Å²) in [6, 6.07) is 0. The summed E-state index contributed by atoms with van der Waals surface area (Å²) in [6.45, 7) is 3.52. The Morgan fingerprint density at radius 3 is 2.90 bits per heavy atom. The van der Waals surface area contributed by atoms with E-state index in [-0.39, 0.29) is 18.6 Å². The van der Waals surface area contributed by atoms with E-state index in [1.165, 1.54) is 0 Å². The van der Waals surface area contributed by atoms with Crippen molar-refractivity contribution in [2.24, 2.45) is 5.92 Å². The van der Waals surface area contributed by atoms with Crippen LogP contribution in [0.25, 0.3) is 0 Å². The summed E-state index contributed by atoms with van der Waals surface area (Å²) < 4.78 is 5.19. The van der Waals surface area contributed by atoms with E-state index in [1.54, 1.807) is 12.2 Å². The van der Waals surface area contributed by atoms with E-state index in [0.717, 1.165) is 5.57 Å². The van der Waals surface area contributed by atoms with Crippen molar-refractivity contribution in [1.82, 2.24) is 0 Å². The van der Waals surface area contributed by atoms with Crippen molar-refractivity contribution in [3.8, 4) is 0 Å². The molecular formula is C15H18O5. The van der Waals surface area contributed by atoms with Gasteiger partial charge in [-0.25, -0.2) is 4.79 Å². The molecule has 1 fully saturated rings. The highest BCUT2D eigenvalue weighted by Gasteiger charge is 2.42. The minimum absolute atomic E-state index is 0.145. The average molecular weight is 278 g/mol. The Bertz CT molecular complexity index is 488. The second kappa shape index (κ2) is 6.15. The van der Waals surface area contributed by atoms with Crippen molar-refractivity contribution in [1.29, 1.82) is 0 Å². The number of allylic oxidation sites excluding steroid dienone is 1. The number of carbonyl (C=O) groups is 2. The number of aliphatic hydroxyl groups is 2. The van der Waals surface area contributed by atoms with Gasteiger partial charge in [0.15, 0.2) is 0 Å². The van der Waals surface area contributed by atoms with E-state index in [0.29, 0.717) is 24.7 Å². The number of hydrogen-bond acceptors (Lipinski definition) is 5. The molecule has 1 aliphatic carbocycles. The number of ether oxygens (including phenoxy) is 1. The zero-order chi connectivity index (χ0) is 14.7. The largest absolute Gasteiger partial charge is 0.454 e. The van der Waals surface area contributed by atoms with Crippen molar-refractivity contribution in [3.05, 3.63) is 35.5 Å². The molecule has 0 unspecified atom stereocenters. The van der Waals surface area contributed by atoms with E-state index in [1.807, 2.05) is 0 Å². The lowest BCUT2D eigenvalue weighted by molar-refractivity contribution is -0.137. The number of carbonyl (C=O) groups excluding carboxylic acids is 2. The van der Waals surface area contributed by atoms with Gasteiger partial charge in [-0.2, -0.15) is 0 Å². The molecule has 0 amide bonds. The van der Waals surface area contributed by atoms with E-state index < -0.39 is 24.1 Å². The molecule has 1 saturated heterocycles. The standard InChI is InChI=1S/C15H18O5/c1-9-14-12(18)5-10(7-16)3-2-4-11(8-17)6-13(14)20-15(9)19/h3,6-7,12-14,17-18H,1-2,4-5,8H2/t12-,13+,14+/m0/s1. The predicted octanol–water partition coefficient (Wildman–Crippen LogP) is 0.673. The maximum Gasteiger partial charge on any atom is 0.334 e. The number of aliphatic hydroxyl groups excluding tert-OH is 2. The lowest BCUT2D eigenvalue weighted by atomic mass is 9.85. The van der Waals surface area contributed by atoms with E-state index in [4.69, 9.17) is 4.74 Å². The Labute approximate surface area is 117 Å². The third-order valence-electron chi connectivity index (χ3n) is 3.75. The Kier molecular flexibility index (Phi) is 4.52. The van der Waals surface area contributed by atoms with Gasteiger partial charge in [0.2, 0.25) is 0 Å². The molecule has 20 heavy (non-hydrogen) atoms. The van der Waals surface area contributed by atoms with Crippen LogP contribution in [0.1, 0.15) is 19.3 Å². The molecule has 108 valence electrons. The quantitative estimate of drug-likeness (QED) is 0.336. The molecule has 0 spiro atoms. The van der Waals surface area contributed by atoms with Gasteiger partial charge in [-0.1, -0.05) is 12.7 Å². The maximum atomic E-state index is 11.6. The summed E-state index contributed by atoms with van der Waals surface area (Å²) >= 11 is 0. The van der Waals surface area contributed by atoms with Gasteiger partial charge in [0.05, 0.1) is 18.6 Å².